The molecule has 0 fully saturated rings. The summed E-state index contributed by atoms with van der Waals surface area (Å²) in [5, 5.41) is 29.5. The molecule has 1 rings (SSSR count). The van der Waals surface area contributed by atoms with Crippen molar-refractivity contribution in [1.82, 2.24) is 0 Å². The summed E-state index contributed by atoms with van der Waals surface area (Å²) < 4.78 is 4.78. The van der Waals surface area contributed by atoms with Crippen molar-refractivity contribution >= 4 is 11.7 Å². The summed E-state index contributed by atoms with van der Waals surface area (Å²) in [6, 6.07) is 3.54. The first-order valence-electron chi connectivity index (χ1n) is 4.24. The highest BCUT2D eigenvalue weighted by molar-refractivity contribution is 5.68. The number of hydrogen-bond acceptors (Lipinski definition) is 4. The molecule has 0 aromatic heterocycles. The second-order valence-electron chi connectivity index (χ2n) is 2.87. The zero-order valence-corrected chi connectivity index (χ0v) is 8.08. The SMILES string of the molecule is [O]Cc1cc(OCC(=O)O)ccc1[N+](=O)[O-]. The van der Waals surface area contributed by atoms with E-state index in [1.807, 2.05) is 0 Å². The Hall–Kier alpha value is -2.15. The van der Waals surface area contributed by atoms with Gasteiger partial charge in [-0.3, -0.25) is 10.1 Å². The predicted molar refractivity (Wildman–Crippen MR) is 50.6 cm³/mol. The highest BCUT2D eigenvalue weighted by atomic mass is 16.6. The zero-order chi connectivity index (χ0) is 12.1. The van der Waals surface area contributed by atoms with Crippen LogP contribution in [0.2, 0.25) is 0 Å². The standard InChI is InChI=1S/C9H8NO6/c11-4-6-3-7(16-5-9(12)13)1-2-8(6)10(14)15/h1-3H,4-5H2,(H,12,13). The molecule has 7 nitrogen and oxygen atoms in total. The summed E-state index contributed by atoms with van der Waals surface area (Å²) >= 11 is 0. The van der Waals surface area contributed by atoms with Crippen LogP contribution in [-0.2, 0) is 16.5 Å². The number of nitro benzene ring substituents is 1. The molecular formula is C9H8NO6. The van der Waals surface area contributed by atoms with Crippen LogP contribution < -0.4 is 4.74 Å². The minimum Gasteiger partial charge on any atom is -0.482 e. The van der Waals surface area contributed by atoms with Gasteiger partial charge >= 0.3 is 5.97 Å². The smallest absolute Gasteiger partial charge is 0.341 e. The molecule has 0 amide bonds. The largest absolute Gasteiger partial charge is 0.482 e. The molecule has 1 aromatic carbocycles. The highest BCUT2D eigenvalue weighted by Gasteiger charge is 2.14. The maximum atomic E-state index is 10.7. The van der Waals surface area contributed by atoms with Crippen molar-refractivity contribution in [3.63, 3.8) is 0 Å². The number of hydrogen-bond donors (Lipinski definition) is 1. The molecule has 16 heavy (non-hydrogen) atoms. The Morgan fingerprint density at radius 1 is 1.50 bits per heavy atom. The van der Waals surface area contributed by atoms with Gasteiger partial charge in [-0.2, -0.15) is 0 Å². The van der Waals surface area contributed by atoms with E-state index in [2.05, 4.69) is 0 Å². The highest BCUT2D eigenvalue weighted by Crippen LogP contribution is 2.24. The van der Waals surface area contributed by atoms with Crippen molar-refractivity contribution in [3.8, 4) is 5.75 Å². The van der Waals surface area contributed by atoms with Crippen LogP contribution in [0.5, 0.6) is 5.75 Å². The number of carboxylic acids is 1. The molecule has 0 bridgehead atoms. The van der Waals surface area contributed by atoms with Crippen molar-refractivity contribution in [2.45, 2.75) is 6.61 Å². The summed E-state index contributed by atoms with van der Waals surface area (Å²) in [6.07, 6.45) is 0. The van der Waals surface area contributed by atoms with Crippen LogP contribution in [-0.4, -0.2) is 22.6 Å². The van der Waals surface area contributed by atoms with Gasteiger partial charge in [-0.15, -0.1) is 0 Å². The number of aliphatic carboxylic acids is 1. The lowest BCUT2D eigenvalue weighted by Crippen LogP contribution is -2.09. The molecule has 0 aliphatic rings. The maximum absolute atomic E-state index is 10.7. The normalized spacial score (nSPS) is 9.81. The van der Waals surface area contributed by atoms with Crippen molar-refractivity contribution in [1.29, 1.82) is 0 Å². The summed E-state index contributed by atoms with van der Waals surface area (Å²) in [7, 11) is 0. The fourth-order valence-electron chi connectivity index (χ4n) is 1.09. The Balaban J connectivity index is 2.90. The van der Waals surface area contributed by atoms with E-state index in [4.69, 9.17) is 9.84 Å². The van der Waals surface area contributed by atoms with Gasteiger partial charge in [0, 0.05) is 6.07 Å². The van der Waals surface area contributed by atoms with E-state index in [1.165, 1.54) is 12.1 Å². The summed E-state index contributed by atoms with van der Waals surface area (Å²) in [5.41, 5.74) is -0.328. The quantitative estimate of drug-likeness (QED) is 0.594. The van der Waals surface area contributed by atoms with Crippen LogP contribution in [0.1, 0.15) is 5.56 Å². The molecule has 1 aromatic rings. The van der Waals surface area contributed by atoms with Gasteiger partial charge in [0.1, 0.15) is 12.4 Å². The van der Waals surface area contributed by atoms with Gasteiger partial charge in [0.25, 0.3) is 5.69 Å². The van der Waals surface area contributed by atoms with Crippen LogP contribution in [0.15, 0.2) is 18.2 Å². The predicted octanol–water partition coefficient (Wildman–Crippen LogP) is 0.989. The first kappa shape index (κ1) is 11.9. The molecule has 1 N–H and O–H groups in total. The monoisotopic (exact) mass is 226 g/mol. The van der Waals surface area contributed by atoms with Crippen LogP contribution in [0, 0.1) is 10.1 Å². The third-order valence-electron chi connectivity index (χ3n) is 1.77. The molecule has 0 aliphatic heterocycles. The van der Waals surface area contributed by atoms with Gasteiger partial charge in [0.2, 0.25) is 0 Å². The molecular weight excluding hydrogens is 218 g/mol. The van der Waals surface area contributed by atoms with Crippen LogP contribution in [0.25, 0.3) is 0 Å². The van der Waals surface area contributed by atoms with Gasteiger partial charge in [-0.05, 0) is 12.1 Å². The average molecular weight is 226 g/mol. The minimum absolute atomic E-state index is 0.0344. The van der Waals surface area contributed by atoms with Crippen LogP contribution in [0.4, 0.5) is 5.69 Å². The Bertz CT molecular complexity index is 416. The summed E-state index contributed by atoms with van der Waals surface area (Å²) in [6.45, 7) is -1.32. The van der Waals surface area contributed by atoms with Gasteiger partial charge in [-0.1, -0.05) is 0 Å². The number of rotatable bonds is 5. The van der Waals surface area contributed by atoms with Crippen LogP contribution in [0.3, 0.4) is 0 Å². The van der Waals surface area contributed by atoms with Gasteiger partial charge in [0.05, 0.1) is 10.5 Å². The van der Waals surface area contributed by atoms with E-state index < -0.39 is 24.1 Å². The number of ether oxygens (including phenoxy) is 1. The second-order valence-corrected chi connectivity index (χ2v) is 2.87. The van der Waals surface area contributed by atoms with E-state index in [0.717, 1.165) is 6.07 Å². The fourth-order valence-corrected chi connectivity index (χ4v) is 1.09. The molecule has 0 saturated heterocycles. The first-order valence-corrected chi connectivity index (χ1v) is 4.24. The second kappa shape index (κ2) is 5.08. The minimum atomic E-state index is -1.16. The van der Waals surface area contributed by atoms with E-state index >= 15 is 0 Å². The topological polar surface area (TPSA) is 110 Å². The van der Waals surface area contributed by atoms with E-state index in [0.29, 0.717) is 0 Å². The van der Waals surface area contributed by atoms with Crippen molar-refractivity contribution < 1.29 is 24.7 Å². The molecule has 85 valence electrons. The van der Waals surface area contributed by atoms with Crippen molar-refractivity contribution in [2.75, 3.05) is 6.61 Å². The summed E-state index contributed by atoms with van der Waals surface area (Å²) in [5.74, 6) is -1.04. The Kier molecular flexibility index (Phi) is 3.78. The van der Waals surface area contributed by atoms with Gasteiger partial charge in [-0.25, -0.2) is 9.90 Å². The molecule has 7 heteroatoms. The zero-order valence-electron chi connectivity index (χ0n) is 8.08. The van der Waals surface area contributed by atoms with E-state index in [9.17, 15) is 20.0 Å². The average Bonchev–Trinajstić information content (AvgIpc) is 2.25. The number of carboxylic acid groups (broad SMARTS) is 1. The van der Waals surface area contributed by atoms with Gasteiger partial charge < -0.3 is 9.84 Å². The molecule has 0 heterocycles. The Labute approximate surface area is 90.0 Å². The lowest BCUT2D eigenvalue weighted by atomic mass is 10.2. The van der Waals surface area contributed by atoms with Crippen LogP contribution >= 0.6 is 0 Å². The Morgan fingerprint density at radius 3 is 2.69 bits per heavy atom. The molecule has 0 saturated carbocycles. The maximum Gasteiger partial charge on any atom is 0.341 e. The molecule has 1 radical (unpaired) electrons. The Morgan fingerprint density at radius 2 is 2.19 bits per heavy atom. The summed E-state index contributed by atoms with van der Waals surface area (Å²) in [4.78, 5) is 20.0. The number of nitro groups is 1. The molecule has 0 aliphatic carbocycles. The molecule has 0 atom stereocenters. The molecule has 0 unspecified atom stereocenters. The lowest BCUT2D eigenvalue weighted by molar-refractivity contribution is -0.386. The first-order chi connectivity index (χ1) is 7.54. The molecule has 0 spiro atoms. The number of benzene rings is 1. The van der Waals surface area contributed by atoms with Crippen molar-refractivity contribution in [3.05, 3.63) is 33.9 Å². The third kappa shape index (κ3) is 2.92. The van der Waals surface area contributed by atoms with Crippen molar-refractivity contribution in [2.24, 2.45) is 0 Å². The number of nitrogens with zero attached hydrogens (tertiary/aromatic N) is 1. The van der Waals surface area contributed by atoms with Gasteiger partial charge in [0.15, 0.2) is 6.61 Å². The van der Waals surface area contributed by atoms with E-state index in [1.54, 1.807) is 0 Å². The number of carbonyl (C=O) groups is 1. The third-order valence-corrected chi connectivity index (χ3v) is 1.77. The fraction of sp³-hybridized carbons (Fsp3) is 0.222. The van der Waals surface area contributed by atoms with E-state index in [-0.39, 0.29) is 17.0 Å². The lowest BCUT2D eigenvalue weighted by Gasteiger charge is -2.04.